The number of benzene rings is 1. The molecule has 0 aliphatic heterocycles. The molecule has 2 N–H and O–H groups in total. The highest BCUT2D eigenvalue weighted by Gasteiger charge is 2.39. The van der Waals surface area contributed by atoms with Crippen LogP contribution in [0, 0.1) is 11.3 Å². The maximum atomic E-state index is 13.6. The molecule has 0 fully saturated rings. The molecule has 0 saturated carbocycles. The number of aliphatic hydroxyl groups excluding tert-OH is 1. The van der Waals surface area contributed by atoms with Gasteiger partial charge in [0.05, 0.1) is 37.5 Å². The van der Waals surface area contributed by atoms with Crippen LogP contribution in [-0.2, 0) is 19.2 Å². The summed E-state index contributed by atoms with van der Waals surface area (Å²) in [7, 11) is 1.32. The number of alkyl halides is 3. The number of nitrogens with zero attached hydrogens (tertiary/aromatic N) is 4. The Labute approximate surface area is 183 Å². The van der Waals surface area contributed by atoms with E-state index in [9.17, 15) is 23.1 Å². The van der Waals surface area contributed by atoms with Crippen LogP contribution < -0.4 is 15.0 Å². The Morgan fingerprint density at radius 2 is 2.00 bits per heavy atom. The second-order valence-corrected chi connectivity index (χ2v) is 6.72. The van der Waals surface area contributed by atoms with E-state index in [1.165, 1.54) is 19.2 Å². The second kappa shape index (κ2) is 9.21. The standard InChI is InChI=1S/C19H13ClF3N5O4/c1-31-18-10(8-29)4-12(27-28-18)6-14-25-16(19(21,22)23)15(17(30)26-14)32-13-3-9(7-24)2-11(20)5-13/h2-5,29H,6,8H2,1H3,(H,25,26,30). The van der Waals surface area contributed by atoms with E-state index in [-0.39, 0.29) is 45.7 Å². The number of rotatable bonds is 6. The van der Waals surface area contributed by atoms with E-state index in [4.69, 9.17) is 26.3 Å². The number of H-pyrrole nitrogens is 1. The summed E-state index contributed by atoms with van der Waals surface area (Å²) < 4.78 is 51.0. The molecule has 2 heterocycles. The predicted molar refractivity (Wildman–Crippen MR) is 103 cm³/mol. The Morgan fingerprint density at radius 1 is 1.25 bits per heavy atom. The third kappa shape index (κ3) is 5.13. The molecule has 0 aliphatic rings. The fraction of sp³-hybridized carbons (Fsp3) is 0.211. The molecule has 13 heteroatoms. The zero-order valence-electron chi connectivity index (χ0n) is 16.2. The maximum Gasteiger partial charge on any atom is 0.437 e. The number of nitrogens with one attached hydrogen (secondary N) is 1. The van der Waals surface area contributed by atoms with Gasteiger partial charge in [-0.3, -0.25) is 4.79 Å². The molecule has 3 aromatic rings. The van der Waals surface area contributed by atoms with Crippen LogP contribution in [0.3, 0.4) is 0 Å². The van der Waals surface area contributed by atoms with Gasteiger partial charge in [0, 0.05) is 10.6 Å². The van der Waals surface area contributed by atoms with Gasteiger partial charge in [0.25, 0.3) is 5.56 Å². The van der Waals surface area contributed by atoms with Crippen LogP contribution in [0.25, 0.3) is 0 Å². The average Bonchev–Trinajstić information content (AvgIpc) is 2.74. The van der Waals surface area contributed by atoms with Crippen molar-refractivity contribution in [2.45, 2.75) is 19.2 Å². The molecule has 0 bridgehead atoms. The first-order chi connectivity index (χ1) is 15.1. The summed E-state index contributed by atoms with van der Waals surface area (Å²) in [5, 5.41) is 25.9. The van der Waals surface area contributed by atoms with Crippen LogP contribution in [0.2, 0.25) is 5.02 Å². The van der Waals surface area contributed by atoms with Crippen molar-refractivity contribution in [2.75, 3.05) is 7.11 Å². The lowest BCUT2D eigenvalue weighted by Gasteiger charge is -2.14. The summed E-state index contributed by atoms with van der Waals surface area (Å²) in [6.45, 7) is -0.444. The molecule has 9 nitrogen and oxygen atoms in total. The van der Waals surface area contributed by atoms with Crippen LogP contribution >= 0.6 is 11.6 Å². The third-order valence-corrected chi connectivity index (χ3v) is 4.23. The van der Waals surface area contributed by atoms with Gasteiger partial charge in [0.1, 0.15) is 11.6 Å². The first-order valence-corrected chi connectivity index (χ1v) is 9.11. The van der Waals surface area contributed by atoms with E-state index in [0.717, 1.165) is 12.1 Å². The quantitative estimate of drug-likeness (QED) is 0.565. The molecule has 0 unspecified atom stereocenters. The van der Waals surface area contributed by atoms with E-state index in [1.807, 2.05) is 0 Å². The van der Waals surface area contributed by atoms with E-state index >= 15 is 0 Å². The summed E-state index contributed by atoms with van der Waals surface area (Å²) >= 11 is 5.83. The maximum absolute atomic E-state index is 13.6. The van der Waals surface area contributed by atoms with Crippen molar-refractivity contribution in [2.24, 2.45) is 0 Å². The van der Waals surface area contributed by atoms with Crippen LogP contribution in [-0.4, -0.2) is 32.4 Å². The van der Waals surface area contributed by atoms with Gasteiger partial charge < -0.3 is 19.6 Å². The van der Waals surface area contributed by atoms with Crippen LogP contribution in [0.15, 0.2) is 29.1 Å². The number of halogens is 4. The molecule has 0 amide bonds. The molecule has 2 aromatic heterocycles. The van der Waals surface area contributed by atoms with E-state index < -0.39 is 29.8 Å². The van der Waals surface area contributed by atoms with E-state index in [2.05, 4.69) is 20.2 Å². The largest absolute Gasteiger partial charge is 0.480 e. The first-order valence-electron chi connectivity index (χ1n) is 8.73. The molecule has 32 heavy (non-hydrogen) atoms. The monoisotopic (exact) mass is 467 g/mol. The highest BCUT2D eigenvalue weighted by atomic mass is 35.5. The molecule has 3 rings (SSSR count). The Bertz CT molecular complexity index is 1260. The van der Waals surface area contributed by atoms with Crippen molar-refractivity contribution in [3.05, 3.63) is 68.0 Å². The van der Waals surface area contributed by atoms with Crippen LogP contribution in [0.5, 0.6) is 17.4 Å². The molecular formula is C19H13ClF3N5O4. The molecule has 0 spiro atoms. The van der Waals surface area contributed by atoms with Gasteiger partial charge in [0.15, 0.2) is 5.69 Å². The lowest BCUT2D eigenvalue weighted by molar-refractivity contribution is -0.142. The predicted octanol–water partition coefficient (Wildman–Crippen LogP) is 2.99. The van der Waals surface area contributed by atoms with Crippen molar-refractivity contribution >= 4 is 11.6 Å². The van der Waals surface area contributed by atoms with Gasteiger partial charge in [-0.25, -0.2) is 4.98 Å². The topological polar surface area (TPSA) is 134 Å². The van der Waals surface area contributed by atoms with Gasteiger partial charge in [-0.2, -0.15) is 23.5 Å². The third-order valence-electron chi connectivity index (χ3n) is 4.01. The van der Waals surface area contributed by atoms with Gasteiger partial charge >= 0.3 is 6.18 Å². The van der Waals surface area contributed by atoms with Gasteiger partial charge in [-0.1, -0.05) is 11.6 Å². The Kier molecular flexibility index (Phi) is 6.61. The lowest BCUT2D eigenvalue weighted by Crippen LogP contribution is -2.22. The van der Waals surface area contributed by atoms with Crippen molar-refractivity contribution in [1.29, 1.82) is 5.26 Å². The SMILES string of the molecule is COc1nnc(Cc2nc(C(F)(F)F)c(Oc3cc(Cl)cc(C#N)c3)c(=O)[nH]2)cc1CO. The van der Waals surface area contributed by atoms with Crippen LogP contribution in [0.1, 0.15) is 28.3 Å². The number of nitriles is 1. The number of aromatic nitrogens is 4. The molecule has 0 saturated heterocycles. The Hall–Kier alpha value is -3.69. The van der Waals surface area contributed by atoms with Crippen molar-refractivity contribution in [1.82, 2.24) is 20.2 Å². The molecule has 0 aliphatic carbocycles. The molecular weight excluding hydrogens is 455 g/mol. The highest BCUT2D eigenvalue weighted by molar-refractivity contribution is 6.30. The molecule has 0 radical (unpaired) electrons. The molecule has 0 atom stereocenters. The van der Waals surface area contributed by atoms with Crippen molar-refractivity contribution < 1.29 is 27.8 Å². The Morgan fingerprint density at radius 3 is 2.62 bits per heavy atom. The number of hydrogen-bond donors (Lipinski definition) is 2. The zero-order chi connectivity index (χ0) is 23.5. The second-order valence-electron chi connectivity index (χ2n) is 6.28. The lowest BCUT2D eigenvalue weighted by atomic mass is 10.2. The van der Waals surface area contributed by atoms with Gasteiger partial charge in [-0.15, -0.1) is 5.10 Å². The minimum Gasteiger partial charge on any atom is -0.480 e. The normalized spacial score (nSPS) is 11.2. The molecule has 166 valence electrons. The number of hydrogen-bond acceptors (Lipinski definition) is 8. The fourth-order valence-electron chi connectivity index (χ4n) is 2.69. The smallest absolute Gasteiger partial charge is 0.437 e. The Balaban J connectivity index is 2.02. The number of methoxy groups -OCH3 is 1. The number of aromatic amines is 1. The number of aliphatic hydroxyl groups is 1. The van der Waals surface area contributed by atoms with E-state index in [0.29, 0.717) is 0 Å². The summed E-state index contributed by atoms with van der Waals surface area (Å²) in [5.74, 6) is -1.66. The van der Waals surface area contributed by atoms with Crippen molar-refractivity contribution in [3.8, 4) is 23.4 Å². The molecule has 1 aromatic carbocycles. The minimum atomic E-state index is -5.03. The van der Waals surface area contributed by atoms with Gasteiger partial charge in [-0.05, 0) is 24.3 Å². The highest BCUT2D eigenvalue weighted by Crippen LogP contribution is 2.35. The van der Waals surface area contributed by atoms with Crippen molar-refractivity contribution in [3.63, 3.8) is 0 Å². The number of ether oxygens (including phenoxy) is 2. The summed E-state index contributed by atoms with van der Waals surface area (Å²) in [4.78, 5) is 18.2. The van der Waals surface area contributed by atoms with Crippen LogP contribution in [0.4, 0.5) is 13.2 Å². The first kappa shape index (κ1) is 23.0. The summed E-state index contributed by atoms with van der Waals surface area (Å²) in [6.07, 6.45) is -5.35. The van der Waals surface area contributed by atoms with Gasteiger partial charge in [0.2, 0.25) is 11.6 Å². The summed E-state index contributed by atoms with van der Waals surface area (Å²) in [5.41, 5.74) is -2.36. The average molecular weight is 468 g/mol. The zero-order valence-corrected chi connectivity index (χ0v) is 17.0. The summed E-state index contributed by atoms with van der Waals surface area (Å²) in [6, 6.07) is 6.70. The fourth-order valence-corrected chi connectivity index (χ4v) is 2.92. The van der Waals surface area contributed by atoms with E-state index in [1.54, 1.807) is 6.07 Å². The minimum absolute atomic E-state index is 0.0276.